The molecule has 7 heteroatoms. The SMILES string of the molecule is Cc1ncc(-c2cccc3cnn(CCc4cn5ccccc5n4)c(=O)c23)cn1. The predicted molar refractivity (Wildman–Crippen MR) is 111 cm³/mol. The van der Waals surface area contributed by atoms with Crippen LogP contribution in [0.25, 0.3) is 27.5 Å². The van der Waals surface area contributed by atoms with Crippen LogP contribution in [0.1, 0.15) is 11.5 Å². The standard InChI is InChI=1S/C22H18N6O/c1-15-23-11-17(12-24-15)19-6-4-5-16-13-25-28(22(29)21(16)19)10-8-18-14-27-9-3-2-7-20(27)26-18/h2-7,9,11-14H,8,10H2,1H3. The van der Waals surface area contributed by atoms with Gasteiger partial charge in [-0.3, -0.25) is 4.79 Å². The number of fused-ring (bicyclic) bond motifs is 2. The van der Waals surface area contributed by atoms with Crippen LogP contribution in [0, 0.1) is 6.92 Å². The summed E-state index contributed by atoms with van der Waals surface area (Å²) in [6.07, 6.45) is 9.80. The lowest BCUT2D eigenvalue weighted by molar-refractivity contribution is 0.580. The van der Waals surface area contributed by atoms with E-state index in [4.69, 9.17) is 0 Å². The molecular formula is C22H18N6O. The number of aromatic nitrogens is 6. The highest BCUT2D eigenvalue weighted by atomic mass is 16.1. The van der Waals surface area contributed by atoms with Gasteiger partial charge in [0.2, 0.25) is 0 Å². The molecule has 29 heavy (non-hydrogen) atoms. The minimum Gasteiger partial charge on any atom is -0.307 e. The lowest BCUT2D eigenvalue weighted by Crippen LogP contribution is -2.24. The first-order chi connectivity index (χ1) is 14.2. The molecule has 5 aromatic rings. The van der Waals surface area contributed by atoms with Crippen molar-refractivity contribution in [3.05, 3.63) is 89.3 Å². The highest BCUT2D eigenvalue weighted by Gasteiger charge is 2.12. The summed E-state index contributed by atoms with van der Waals surface area (Å²) in [5.41, 5.74) is 3.32. The second kappa shape index (κ2) is 6.94. The molecule has 0 spiro atoms. The monoisotopic (exact) mass is 382 g/mol. The van der Waals surface area contributed by atoms with Crippen LogP contribution in [0.3, 0.4) is 0 Å². The van der Waals surface area contributed by atoms with Gasteiger partial charge >= 0.3 is 0 Å². The number of aryl methyl sites for hydroxylation is 3. The van der Waals surface area contributed by atoms with E-state index in [1.165, 1.54) is 4.68 Å². The summed E-state index contributed by atoms with van der Waals surface area (Å²) < 4.78 is 3.48. The first-order valence-corrected chi connectivity index (χ1v) is 9.39. The smallest absolute Gasteiger partial charge is 0.275 e. The number of pyridine rings is 1. The van der Waals surface area contributed by atoms with Crippen molar-refractivity contribution in [1.29, 1.82) is 0 Å². The third-order valence-electron chi connectivity index (χ3n) is 4.97. The topological polar surface area (TPSA) is 78.0 Å². The summed E-state index contributed by atoms with van der Waals surface area (Å²) in [7, 11) is 0. The van der Waals surface area contributed by atoms with Crippen LogP contribution >= 0.6 is 0 Å². The Kier molecular flexibility index (Phi) is 4.13. The van der Waals surface area contributed by atoms with Gasteiger partial charge in [-0.15, -0.1) is 0 Å². The van der Waals surface area contributed by atoms with Gasteiger partial charge in [0, 0.05) is 42.2 Å². The fraction of sp³-hybridized carbons (Fsp3) is 0.136. The van der Waals surface area contributed by atoms with Gasteiger partial charge in [-0.05, 0) is 24.6 Å². The quantitative estimate of drug-likeness (QED) is 0.477. The second-order valence-corrected chi connectivity index (χ2v) is 6.91. The Labute approximate surface area is 166 Å². The van der Waals surface area contributed by atoms with Gasteiger partial charge in [0.05, 0.1) is 23.8 Å². The van der Waals surface area contributed by atoms with Crippen molar-refractivity contribution >= 4 is 16.4 Å². The molecule has 7 nitrogen and oxygen atoms in total. The van der Waals surface area contributed by atoms with Crippen LogP contribution < -0.4 is 5.56 Å². The van der Waals surface area contributed by atoms with E-state index in [1.54, 1.807) is 18.6 Å². The van der Waals surface area contributed by atoms with Crippen molar-refractivity contribution in [2.45, 2.75) is 19.9 Å². The Bertz CT molecular complexity index is 1350. The van der Waals surface area contributed by atoms with Crippen molar-refractivity contribution in [2.24, 2.45) is 0 Å². The summed E-state index contributed by atoms with van der Waals surface area (Å²) >= 11 is 0. The average Bonchev–Trinajstić information content (AvgIpc) is 3.16. The Morgan fingerprint density at radius 2 is 1.86 bits per heavy atom. The molecule has 4 heterocycles. The van der Waals surface area contributed by atoms with Crippen molar-refractivity contribution in [2.75, 3.05) is 0 Å². The van der Waals surface area contributed by atoms with Crippen LogP contribution in [0.15, 0.2) is 72.2 Å². The predicted octanol–water partition coefficient (Wildman–Crippen LogP) is 3.05. The molecule has 142 valence electrons. The van der Waals surface area contributed by atoms with E-state index in [1.807, 2.05) is 60.1 Å². The maximum atomic E-state index is 13.2. The molecule has 0 aliphatic heterocycles. The van der Waals surface area contributed by atoms with Gasteiger partial charge in [-0.1, -0.05) is 24.3 Å². The van der Waals surface area contributed by atoms with Crippen molar-refractivity contribution in [3.63, 3.8) is 0 Å². The van der Waals surface area contributed by atoms with Gasteiger partial charge in [-0.25, -0.2) is 19.6 Å². The fourth-order valence-electron chi connectivity index (χ4n) is 3.49. The van der Waals surface area contributed by atoms with Crippen molar-refractivity contribution < 1.29 is 0 Å². The van der Waals surface area contributed by atoms with Gasteiger partial charge in [-0.2, -0.15) is 5.10 Å². The molecular weight excluding hydrogens is 364 g/mol. The third kappa shape index (κ3) is 3.16. The van der Waals surface area contributed by atoms with Gasteiger partial charge in [0.15, 0.2) is 0 Å². The number of rotatable bonds is 4. The molecule has 5 rings (SSSR count). The van der Waals surface area contributed by atoms with E-state index in [9.17, 15) is 4.79 Å². The third-order valence-corrected chi connectivity index (χ3v) is 4.97. The van der Waals surface area contributed by atoms with Crippen LogP contribution in [0.5, 0.6) is 0 Å². The van der Waals surface area contributed by atoms with Crippen LogP contribution in [-0.4, -0.2) is 29.1 Å². The summed E-state index contributed by atoms with van der Waals surface area (Å²) in [5, 5.41) is 5.80. The van der Waals surface area contributed by atoms with E-state index in [2.05, 4.69) is 20.1 Å². The highest BCUT2D eigenvalue weighted by molar-refractivity contribution is 5.95. The Hall–Kier alpha value is -3.87. The molecule has 0 radical (unpaired) electrons. The van der Waals surface area contributed by atoms with E-state index < -0.39 is 0 Å². The normalized spacial score (nSPS) is 11.3. The molecule has 0 bridgehead atoms. The molecule has 0 N–H and O–H groups in total. The fourth-order valence-corrected chi connectivity index (χ4v) is 3.49. The van der Waals surface area contributed by atoms with Crippen LogP contribution in [-0.2, 0) is 13.0 Å². The average molecular weight is 382 g/mol. The van der Waals surface area contributed by atoms with Gasteiger partial charge in [0.25, 0.3) is 5.56 Å². The second-order valence-electron chi connectivity index (χ2n) is 6.91. The van der Waals surface area contributed by atoms with Crippen LogP contribution in [0.4, 0.5) is 0 Å². The molecule has 1 aromatic carbocycles. The van der Waals surface area contributed by atoms with Crippen molar-refractivity contribution in [3.8, 4) is 11.1 Å². The molecule has 0 amide bonds. The van der Waals surface area contributed by atoms with E-state index in [0.717, 1.165) is 27.9 Å². The zero-order chi connectivity index (χ0) is 19.8. The maximum Gasteiger partial charge on any atom is 0.275 e. The summed E-state index contributed by atoms with van der Waals surface area (Å²) in [6, 6.07) is 11.6. The number of hydrogen-bond acceptors (Lipinski definition) is 5. The summed E-state index contributed by atoms with van der Waals surface area (Å²) in [5.74, 6) is 0.695. The van der Waals surface area contributed by atoms with Gasteiger partial charge in [0.1, 0.15) is 11.5 Å². The maximum absolute atomic E-state index is 13.2. The minimum absolute atomic E-state index is 0.123. The molecule has 0 saturated heterocycles. The molecule has 0 atom stereocenters. The summed E-state index contributed by atoms with van der Waals surface area (Å²) in [6.45, 7) is 2.29. The van der Waals surface area contributed by atoms with Gasteiger partial charge < -0.3 is 4.40 Å². The first-order valence-electron chi connectivity index (χ1n) is 9.39. The Morgan fingerprint density at radius 3 is 2.69 bits per heavy atom. The van der Waals surface area contributed by atoms with Crippen LogP contribution in [0.2, 0.25) is 0 Å². The van der Waals surface area contributed by atoms with E-state index in [0.29, 0.717) is 24.2 Å². The molecule has 0 aliphatic carbocycles. The lowest BCUT2D eigenvalue weighted by atomic mass is 10.0. The minimum atomic E-state index is -0.123. The largest absolute Gasteiger partial charge is 0.307 e. The number of benzene rings is 1. The Morgan fingerprint density at radius 1 is 1.00 bits per heavy atom. The zero-order valence-electron chi connectivity index (χ0n) is 15.9. The molecule has 4 aromatic heterocycles. The lowest BCUT2D eigenvalue weighted by Gasteiger charge is -2.09. The molecule has 0 aliphatic rings. The molecule has 0 saturated carbocycles. The van der Waals surface area contributed by atoms with E-state index in [-0.39, 0.29) is 5.56 Å². The number of hydrogen-bond donors (Lipinski definition) is 0. The number of nitrogens with zero attached hydrogens (tertiary/aromatic N) is 6. The highest BCUT2D eigenvalue weighted by Crippen LogP contribution is 2.24. The molecule has 0 fully saturated rings. The zero-order valence-corrected chi connectivity index (χ0v) is 15.9. The Balaban J connectivity index is 1.53. The molecule has 0 unspecified atom stereocenters. The first kappa shape index (κ1) is 17.2. The van der Waals surface area contributed by atoms with Crippen molar-refractivity contribution in [1.82, 2.24) is 29.1 Å². The number of imidazole rings is 1. The van der Waals surface area contributed by atoms with E-state index >= 15 is 0 Å². The summed E-state index contributed by atoms with van der Waals surface area (Å²) in [4.78, 5) is 26.3.